The van der Waals surface area contributed by atoms with E-state index in [1.54, 1.807) is 31.2 Å². The molecule has 0 amide bonds. The molecule has 1 atom stereocenters. The van der Waals surface area contributed by atoms with Gasteiger partial charge in [-0.1, -0.05) is 59.9 Å². The van der Waals surface area contributed by atoms with Crippen molar-refractivity contribution < 1.29 is 27.1 Å². The number of benzene rings is 2. The minimum atomic E-state index is -4.55. The molecular formula is C27H19F3N2O4S. The Labute approximate surface area is 212 Å². The largest absolute Gasteiger partial charge is 0.466 e. The molecule has 0 bridgehead atoms. The van der Waals surface area contributed by atoms with Crippen molar-refractivity contribution in [3.8, 4) is 11.3 Å². The number of carbonyl (C=O) groups is 1. The van der Waals surface area contributed by atoms with Gasteiger partial charge in [0.1, 0.15) is 11.5 Å². The summed E-state index contributed by atoms with van der Waals surface area (Å²) in [5.41, 5.74) is 0.0470. The molecular weight excluding hydrogens is 505 g/mol. The number of carbonyl (C=O) groups excluding carboxylic acids is 1. The Hall–Kier alpha value is -4.18. The van der Waals surface area contributed by atoms with Gasteiger partial charge in [-0.2, -0.15) is 13.2 Å². The molecule has 0 unspecified atom stereocenters. The van der Waals surface area contributed by atoms with Gasteiger partial charge in [0.25, 0.3) is 5.56 Å². The number of aromatic nitrogens is 1. The van der Waals surface area contributed by atoms with Crippen LogP contribution in [0.3, 0.4) is 0 Å². The van der Waals surface area contributed by atoms with Crippen LogP contribution in [0.25, 0.3) is 17.4 Å². The maximum atomic E-state index is 13.5. The fourth-order valence-corrected chi connectivity index (χ4v) is 5.32. The maximum absolute atomic E-state index is 13.5. The van der Waals surface area contributed by atoms with E-state index >= 15 is 0 Å². The first-order chi connectivity index (χ1) is 17.7. The van der Waals surface area contributed by atoms with Crippen LogP contribution in [0.5, 0.6) is 0 Å². The van der Waals surface area contributed by atoms with Crippen LogP contribution >= 0.6 is 11.3 Å². The number of rotatable bonds is 4. The van der Waals surface area contributed by atoms with Gasteiger partial charge in [0.15, 0.2) is 4.80 Å². The van der Waals surface area contributed by atoms with Crippen molar-refractivity contribution in [1.29, 1.82) is 0 Å². The zero-order valence-corrected chi connectivity index (χ0v) is 20.4. The summed E-state index contributed by atoms with van der Waals surface area (Å²) < 4.78 is 52.7. The molecule has 10 heteroatoms. The number of nitrogens with zero attached hydrogens (tertiary/aromatic N) is 2. The monoisotopic (exact) mass is 524 g/mol. The number of methoxy groups -OCH3 is 1. The summed E-state index contributed by atoms with van der Waals surface area (Å²) in [6, 6.07) is 16.3. The maximum Gasteiger partial charge on any atom is 0.417 e. The Balaban J connectivity index is 1.63. The average Bonchev–Trinajstić information content (AvgIpc) is 3.47. The van der Waals surface area contributed by atoms with Crippen LogP contribution < -0.4 is 14.9 Å². The number of furan rings is 1. The lowest BCUT2D eigenvalue weighted by molar-refractivity contribution is -0.137. The third-order valence-corrected chi connectivity index (χ3v) is 6.92. The number of ether oxygens (including phenoxy) is 1. The molecule has 0 radical (unpaired) electrons. The lowest BCUT2D eigenvalue weighted by atomic mass is 9.96. The van der Waals surface area contributed by atoms with E-state index in [0.717, 1.165) is 17.4 Å². The van der Waals surface area contributed by atoms with Crippen LogP contribution in [0.2, 0.25) is 0 Å². The number of hydrogen-bond donors (Lipinski definition) is 0. The van der Waals surface area contributed by atoms with Crippen LogP contribution in [0.4, 0.5) is 13.2 Å². The summed E-state index contributed by atoms with van der Waals surface area (Å²) in [6.45, 7) is 1.68. The molecule has 37 heavy (non-hydrogen) atoms. The van der Waals surface area contributed by atoms with Gasteiger partial charge in [-0.15, -0.1) is 0 Å². The lowest BCUT2D eigenvalue weighted by Gasteiger charge is -2.24. The predicted octanol–water partition coefficient (Wildman–Crippen LogP) is 4.69. The van der Waals surface area contributed by atoms with Gasteiger partial charge in [-0.05, 0) is 30.7 Å². The van der Waals surface area contributed by atoms with Gasteiger partial charge in [0, 0.05) is 11.6 Å². The summed E-state index contributed by atoms with van der Waals surface area (Å²) in [6.07, 6.45) is -3.09. The number of hydrogen-bond acceptors (Lipinski definition) is 6. The Morgan fingerprint density at radius 2 is 1.78 bits per heavy atom. The van der Waals surface area contributed by atoms with E-state index in [0.29, 0.717) is 16.1 Å². The number of alkyl halides is 3. The van der Waals surface area contributed by atoms with Gasteiger partial charge >= 0.3 is 12.1 Å². The quantitative estimate of drug-likeness (QED) is 0.363. The smallest absolute Gasteiger partial charge is 0.417 e. The van der Waals surface area contributed by atoms with E-state index in [-0.39, 0.29) is 27.2 Å². The van der Waals surface area contributed by atoms with E-state index in [9.17, 15) is 22.8 Å². The number of allylic oxidation sites excluding steroid dienone is 1. The fraction of sp³-hybridized carbons (Fsp3) is 0.148. The highest BCUT2D eigenvalue weighted by Crippen LogP contribution is 2.37. The van der Waals surface area contributed by atoms with Crippen LogP contribution in [0.1, 0.15) is 29.9 Å². The molecule has 0 aliphatic carbocycles. The van der Waals surface area contributed by atoms with Gasteiger partial charge in [-0.3, -0.25) is 9.36 Å². The fourth-order valence-electron chi connectivity index (χ4n) is 4.29. The van der Waals surface area contributed by atoms with E-state index in [4.69, 9.17) is 9.15 Å². The number of halogens is 3. The highest BCUT2D eigenvalue weighted by Gasteiger charge is 2.34. The third kappa shape index (κ3) is 4.44. The van der Waals surface area contributed by atoms with Crippen molar-refractivity contribution in [3.63, 3.8) is 0 Å². The van der Waals surface area contributed by atoms with Crippen molar-refractivity contribution in [1.82, 2.24) is 4.57 Å². The summed E-state index contributed by atoms with van der Waals surface area (Å²) in [4.78, 5) is 31.1. The topological polar surface area (TPSA) is 73.8 Å². The van der Waals surface area contributed by atoms with Crippen molar-refractivity contribution in [2.45, 2.75) is 19.1 Å². The van der Waals surface area contributed by atoms with Crippen LogP contribution in [-0.4, -0.2) is 17.6 Å². The molecule has 0 spiro atoms. The molecule has 3 heterocycles. The minimum Gasteiger partial charge on any atom is -0.466 e. The van der Waals surface area contributed by atoms with E-state index < -0.39 is 29.3 Å². The van der Waals surface area contributed by atoms with Crippen LogP contribution in [0, 0.1) is 0 Å². The number of thiazole rings is 1. The molecule has 2 aromatic carbocycles. The van der Waals surface area contributed by atoms with Crippen LogP contribution in [-0.2, 0) is 15.7 Å². The minimum absolute atomic E-state index is 0.0259. The molecule has 0 N–H and O–H groups in total. The van der Waals surface area contributed by atoms with Crippen molar-refractivity contribution in [3.05, 3.63) is 115 Å². The zero-order chi connectivity index (χ0) is 26.3. The summed E-state index contributed by atoms with van der Waals surface area (Å²) in [7, 11) is 1.27. The molecule has 0 fully saturated rings. The Bertz CT molecular complexity index is 1710. The number of esters is 1. The Kier molecular flexibility index (Phi) is 6.20. The molecule has 6 nitrogen and oxygen atoms in total. The standard InChI is InChI=1S/C27H19F3N2O4S/c1-15-22(25(34)35-2)23(16-8-4-3-5-9-16)32-24(33)21(37-26(32)31-15)14-17-12-13-20(36-17)18-10-6-7-11-19(18)27(28,29)30/h3-14,23H,1-2H3/b21-14+/t23-/m1/s1. The molecule has 0 saturated heterocycles. The summed E-state index contributed by atoms with van der Waals surface area (Å²) >= 11 is 1.09. The lowest BCUT2D eigenvalue weighted by Crippen LogP contribution is -2.39. The van der Waals surface area contributed by atoms with Crippen molar-refractivity contribution >= 4 is 23.4 Å². The first-order valence-electron chi connectivity index (χ1n) is 11.1. The number of fused-ring (bicyclic) bond motifs is 1. The van der Waals surface area contributed by atoms with Gasteiger partial charge in [-0.25, -0.2) is 9.79 Å². The van der Waals surface area contributed by atoms with Gasteiger partial charge < -0.3 is 9.15 Å². The normalized spacial score (nSPS) is 15.9. The Morgan fingerprint density at radius 1 is 1.08 bits per heavy atom. The second kappa shape index (κ2) is 9.36. The van der Waals surface area contributed by atoms with Crippen molar-refractivity contribution in [2.24, 2.45) is 4.99 Å². The summed E-state index contributed by atoms with van der Waals surface area (Å²) in [5.74, 6) is -0.362. The highest BCUT2D eigenvalue weighted by atomic mass is 32.1. The predicted molar refractivity (Wildman–Crippen MR) is 131 cm³/mol. The third-order valence-electron chi connectivity index (χ3n) is 5.94. The Morgan fingerprint density at radius 3 is 2.49 bits per heavy atom. The molecule has 188 valence electrons. The van der Waals surface area contributed by atoms with Crippen LogP contribution in [0.15, 0.2) is 92.2 Å². The second-order valence-corrected chi connectivity index (χ2v) is 9.24. The molecule has 2 aromatic heterocycles. The SMILES string of the molecule is COC(=O)C1=C(C)N=c2s/c(=C/c3ccc(-c4ccccc4C(F)(F)F)o3)c(=O)n2[C@@H]1c1ccccc1. The van der Waals surface area contributed by atoms with Gasteiger partial charge in [0.05, 0.1) is 34.5 Å². The molecule has 5 rings (SSSR count). The van der Waals surface area contributed by atoms with E-state index in [2.05, 4.69) is 4.99 Å². The molecule has 4 aromatic rings. The van der Waals surface area contributed by atoms with E-state index in [1.807, 2.05) is 6.07 Å². The molecule has 1 aliphatic heterocycles. The first kappa shape index (κ1) is 24.5. The summed E-state index contributed by atoms with van der Waals surface area (Å²) in [5, 5.41) is 0. The zero-order valence-electron chi connectivity index (χ0n) is 19.6. The second-order valence-electron chi connectivity index (χ2n) is 8.23. The molecule has 0 saturated carbocycles. The van der Waals surface area contributed by atoms with Crippen molar-refractivity contribution in [2.75, 3.05) is 7.11 Å². The molecule has 1 aliphatic rings. The highest BCUT2D eigenvalue weighted by molar-refractivity contribution is 7.07. The first-order valence-corrected chi connectivity index (χ1v) is 11.9. The van der Waals surface area contributed by atoms with Gasteiger partial charge in [0.2, 0.25) is 0 Å². The van der Waals surface area contributed by atoms with E-state index in [1.165, 1.54) is 48.1 Å². The average molecular weight is 525 g/mol.